The van der Waals surface area contributed by atoms with Crippen LogP contribution in [0.4, 0.5) is 0 Å². The van der Waals surface area contributed by atoms with Crippen LogP contribution in [0.3, 0.4) is 0 Å². The number of amides is 1. The molecule has 2 aliphatic rings. The highest BCUT2D eigenvalue weighted by Gasteiger charge is 2.33. The van der Waals surface area contributed by atoms with Crippen LogP contribution >= 0.6 is 0 Å². The molecule has 0 radical (unpaired) electrons. The van der Waals surface area contributed by atoms with E-state index >= 15 is 0 Å². The minimum Gasteiger partial charge on any atom is -0.340 e. The van der Waals surface area contributed by atoms with Crippen molar-refractivity contribution in [1.82, 2.24) is 9.80 Å². The summed E-state index contributed by atoms with van der Waals surface area (Å²) in [6, 6.07) is 0. The normalized spacial score (nSPS) is 27.2. The monoisotopic (exact) mass is 308 g/mol. The Morgan fingerprint density at radius 2 is 1.50 bits per heavy atom. The van der Waals surface area contributed by atoms with Crippen LogP contribution in [0.1, 0.15) is 52.9 Å². The minimum atomic E-state index is 0.129. The molecule has 1 saturated carbocycles. The smallest absolute Gasteiger partial charge is 0.225 e. The van der Waals surface area contributed by atoms with Gasteiger partial charge in [0.1, 0.15) is 5.78 Å². The van der Waals surface area contributed by atoms with Crippen molar-refractivity contribution in [1.29, 1.82) is 0 Å². The summed E-state index contributed by atoms with van der Waals surface area (Å²) in [5, 5.41) is 0. The van der Waals surface area contributed by atoms with Gasteiger partial charge < -0.3 is 4.90 Å². The first-order valence-corrected chi connectivity index (χ1v) is 9.07. The predicted molar refractivity (Wildman–Crippen MR) is 88.6 cm³/mol. The van der Waals surface area contributed by atoms with Gasteiger partial charge in [0.05, 0.1) is 0 Å². The Morgan fingerprint density at radius 3 is 2.00 bits per heavy atom. The summed E-state index contributed by atoms with van der Waals surface area (Å²) in [6.45, 7) is 11.1. The Balaban J connectivity index is 1.77. The lowest BCUT2D eigenvalue weighted by molar-refractivity contribution is -0.140. The zero-order valence-corrected chi connectivity index (χ0v) is 14.5. The van der Waals surface area contributed by atoms with Gasteiger partial charge in [0.15, 0.2) is 0 Å². The van der Waals surface area contributed by atoms with E-state index in [4.69, 9.17) is 0 Å². The van der Waals surface area contributed by atoms with Crippen molar-refractivity contribution in [3.8, 4) is 0 Å². The van der Waals surface area contributed by atoms with Crippen molar-refractivity contribution in [2.45, 2.75) is 52.9 Å². The van der Waals surface area contributed by atoms with Crippen LogP contribution in [0, 0.1) is 17.8 Å². The number of ketones is 1. The lowest BCUT2D eigenvalue weighted by Gasteiger charge is -2.37. The molecule has 2 fully saturated rings. The molecule has 2 rings (SSSR count). The summed E-state index contributed by atoms with van der Waals surface area (Å²) in [5.74, 6) is 1.22. The maximum atomic E-state index is 12.7. The summed E-state index contributed by atoms with van der Waals surface area (Å²) < 4.78 is 0. The predicted octanol–water partition coefficient (Wildman–Crippen LogP) is 2.57. The fourth-order valence-corrected chi connectivity index (χ4v) is 3.86. The highest BCUT2D eigenvalue weighted by atomic mass is 16.2. The van der Waals surface area contributed by atoms with Gasteiger partial charge in [-0.05, 0) is 38.6 Å². The van der Waals surface area contributed by atoms with E-state index in [1.807, 2.05) is 13.8 Å². The molecule has 0 bridgehead atoms. The molecule has 1 aliphatic carbocycles. The van der Waals surface area contributed by atoms with E-state index in [9.17, 15) is 9.59 Å². The molecule has 1 aliphatic heterocycles. The molecule has 1 saturated heterocycles. The Kier molecular flexibility index (Phi) is 6.42. The van der Waals surface area contributed by atoms with Gasteiger partial charge in [0.25, 0.3) is 0 Å². The summed E-state index contributed by atoms with van der Waals surface area (Å²) in [7, 11) is 0. The number of rotatable bonds is 5. The molecule has 0 aromatic carbocycles. The number of hydrogen-bond acceptors (Lipinski definition) is 3. The van der Waals surface area contributed by atoms with Crippen molar-refractivity contribution in [2.24, 2.45) is 17.8 Å². The highest BCUT2D eigenvalue weighted by Crippen LogP contribution is 2.32. The summed E-state index contributed by atoms with van der Waals surface area (Å²) in [4.78, 5) is 29.2. The first kappa shape index (κ1) is 17.5. The van der Waals surface area contributed by atoms with E-state index in [1.54, 1.807) is 0 Å². The van der Waals surface area contributed by atoms with Crippen molar-refractivity contribution < 1.29 is 9.59 Å². The molecule has 4 nitrogen and oxygen atoms in total. The molecule has 1 amide bonds. The molecular formula is C18H32N2O2. The van der Waals surface area contributed by atoms with Gasteiger partial charge in [-0.3, -0.25) is 14.5 Å². The number of nitrogens with zero attached hydrogens (tertiary/aromatic N) is 2. The minimum absolute atomic E-state index is 0.129. The van der Waals surface area contributed by atoms with Gasteiger partial charge in [-0.25, -0.2) is 0 Å². The standard InChI is InChI=1S/C18H32N2O2/c1-4-9-19-10-12-20(13-11-19)18(22)16-7-5-15(6-8-16)17(21)14(2)3/h14-16H,4-13H2,1-3H3/t15-,16-. The van der Waals surface area contributed by atoms with E-state index in [0.717, 1.165) is 58.4 Å². The van der Waals surface area contributed by atoms with Crippen LogP contribution in [-0.2, 0) is 9.59 Å². The van der Waals surface area contributed by atoms with Crippen molar-refractivity contribution >= 4 is 11.7 Å². The van der Waals surface area contributed by atoms with E-state index in [2.05, 4.69) is 16.7 Å². The van der Waals surface area contributed by atoms with Crippen molar-refractivity contribution in [2.75, 3.05) is 32.7 Å². The van der Waals surface area contributed by atoms with Gasteiger partial charge in [-0.2, -0.15) is 0 Å². The maximum absolute atomic E-state index is 12.7. The second kappa shape index (κ2) is 8.09. The van der Waals surface area contributed by atoms with Crippen molar-refractivity contribution in [3.05, 3.63) is 0 Å². The third kappa shape index (κ3) is 4.31. The van der Waals surface area contributed by atoms with E-state index in [1.165, 1.54) is 6.42 Å². The lowest BCUT2D eigenvalue weighted by Crippen LogP contribution is -2.50. The summed E-state index contributed by atoms with van der Waals surface area (Å²) in [5.41, 5.74) is 0. The highest BCUT2D eigenvalue weighted by molar-refractivity contribution is 5.83. The zero-order chi connectivity index (χ0) is 16.1. The van der Waals surface area contributed by atoms with Crippen LogP contribution in [0.5, 0.6) is 0 Å². The van der Waals surface area contributed by atoms with Gasteiger partial charge in [0.2, 0.25) is 5.91 Å². The Hall–Kier alpha value is -0.900. The first-order chi connectivity index (χ1) is 10.5. The summed E-state index contributed by atoms with van der Waals surface area (Å²) >= 11 is 0. The molecule has 4 heteroatoms. The number of carbonyl (C=O) groups excluding carboxylic acids is 2. The Morgan fingerprint density at radius 1 is 0.955 bits per heavy atom. The molecule has 0 atom stereocenters. The van der Waals surface area contributed by atoms with E-state index in [0.29, 0.717) is 11.7 Å². The average Bonchev–Trinajstić information content (AvgIpc) is 2.54. The molecule has 0 N–H and O–H groups in total. The largest absolute Gasteiger partial charge is 0.340 e. The average molecular weight is 308 g/mol. The molecular weight excluding hydrogens is 276 g/mol. The van der Waals surface area contributed by atoms with Crippen LogP contribution in [-0.4, -0.2) is 54.2 Å². The quantitative estimate of drug-likeness (QED) is 0.784. The molecule has 0 spiro atoms. The third-order valence-electron chi connectivity index (χ3n) is 5.27. The van der Waals surface area contributed by atoms with Crippen LogP contribution < -0.4 is 0 Å². The third-order valence-corrected chi connectivity index (χ3v) is 5.27. The fourth-order valence-electron chi connectivity index (χ4n) is 3.86. The van der Waals surface area contributed by atoms with E-state index < -0.39 is 0 Å². The molecule has 22 heavy (non-hydrogen) atoms. The lowest BCUT2D eigenvalue weighted by atomic mass is 9.77. The van der Waals surface area contributed by atoms with Crippen LogP contribution in [0.2, 0.25) is 0 Å². The topological polar surface area (TPSA) is 40.6 Å². The van der Waals surface area contributed by atoms with Gasteiger partial charge >= 0.3 is 0 Å². The molecule has 0 aromatic rings. The Labute approximate surface area is 135 Å². The molecule has 126 valence electrons. The Bertz CT molecular complexity index is 379. The number of Topliss-reactive ketones (excluding diaryl/α,β-unsaturated/α-hetero) is 1. The van der Waals surface area contributed by atoms with Crippen molar-refractivity contribution in [3.63, 3.8) is 0 Å². The zero-order valence-electron chi connectivity index (χ0n) is 14.5. The molecule has 1 heterocycles. The van der Waals surface area contributed by atoms with Gasteiger partial charge in [0, 0.05) is 43.9 Å². The van der Waals surface area contributed by atoms with Crippen LogP contribution in [0.25, 0.3) is 0 Å². The summed E-state index contributed by atoms with van der Waals surface area (Å²) in [6.07, 6.45) is 4.79. The molecule has 0 unspecified atom stereocenters. The number of hydrogen-bond donors (Lipinski definition) is 0. The fraction of sp³-hybridized carbons (Fsp3) is 0.889. The van der Waals surface area contributed by atoms with Gasteiger partial charge in [-0.15, -0.1) is 0 Å². The second-order valence-corrected chi connectivity index (χ2v) is 7.27. The molecule has 0 aromatic heterocycles. The number of carbonyl (C=O) groups is 2. The van der Waals surface area contributed by atoms with Gasteiger partial charge in [-0.1, -0.05) is 20.8 Å². The van der Waals surface area contributed by atoms with E-state index in [-0.39, 0.29) is 17.8 Å². The maximum Gasteiger partial charge on any atom is 0.225 e. The second-order valence-electron chi connectivity index (χ2n) is 7.27. The number of piperazine rings is 1. The first-order valence-electron chi connectivity index (χ1n) is 9.07. The SMILES string of the molecule is CCCN1CCN(C(=O)[C@H]2CC[C@H](C(=O)C(C)C)CC2)CC1. The van der Waals surface area contributed by atoms with Crippen LogP contribution in [0.15, 0.2) is 0 Å².